The number of benzene rings is 3. The first kappa shape index (κ1) is 19.6. The van der Waals surface area contributed by atoms with Crippen LogP contribution in [0.1, 0.15) is 20.7 Å². The summed E-state index contributed by atoms with van der Waals surface area (Å²) in [5.74, 6) is -4.15. The van der Waals surface area contributed by atoms with Crippen molar-refractivity contribution >= 4 is 17.6 Å². The van der Waals surface area contributed by atoms with Gasteiger partial charge in [-0.05, 0) is 24.3 Å². The first-order valence-corrected chi connectivity index (χ1v) is 8.07. The van der Waals surface area contributed by atoms with E-state index in [-0.39, 0.29) is 28.3 Å². The number of rotatable bonds is 5. The molecule has 3 aromatic carbocycles. The third-order valence-electron chi connectivity index (χ3n) is 3.67. The van der Waals surface area contributed by atoms with Crippen molar-refractivity contribution < 1.29 is 32.8 Å². The van der Waals surface area contributed by atoms with Crippen LogP contribution in [0.4, 0.5) is 14.5 Å². The van der Waals surface area contributed by atoms with E-state index in [1.54, 1.807) is 0 Å². The molecule has 29 heavy (non-hydrogen) atoms. The molecular formula is C20H11F2NO6. The van der Waals surface area contributed by atoms with Crippen LogP contribution in [0.5, 0.6) is 11.5 Å². The lowest BCUT2D eigenvalue weighted by atomic mass is 10.1. The average Bonchev–Trinajstić information content (AvgIpc) is 2.67. The zero-order valence-corrected chi connectivity index (χ0v) is 14.5. The largest absolute Gasteiger partial charge is 0.423 e. The maximum absolute atomic E-state index is 13.3. The van der Waals surface area contributed by atoms with Crippen molar-refractivity contribution in [2.75, 3.05) is 0 Å². The highest BCUT2D eigenvalue weighted by Crippen LogP contribution is 2.21. The van der Waals surface area contributed by atoms with Gasteiger partial charge in [0.2, 0.25) is 0 Å². The number of esters is 2. The van der Waals surface area contributed by atoms with Crippen molar-refractivity contribution in [2.24, 2.45) is 0 Å². The second-order valence-corrected chi connectivity index (χ2v) is 5.68. The third-order valence-corrected chi connectivity index (χ3v) is 3.67. The molecule has 0 radical (unpaired) electrons. The molecule has 3 aromatic rings. The molecule has 0 bridgehead atoms. The first-order chi connectivity index (χ1) is 13.8. The second kappa shape index (κ2) is 8.26. The van der Waals surface area contributed by atoms with Gasteiger partial charge in [0.25, 0.3) is 5.69 Å². The van der Waals surface area contributed by atoms with E-state index in [0.29, 0.717) is 6.07 Å². The summed E-state index contributed by atoms with van der Waals surface area (Å²) >= 11 is 0. The maximum atomic E-state index is 13.3. The van der Waals surface area contributed by atoms with Gasteiger partial charge in [-0.1, -0.05) is 12.1 Å². The average molecular weight is 399 g/mol. The fourth-order valence-corrected chi connectivity index (χ4v) is 2.39. The lowest BCUT2D eigenvalue weighted by molar-refractivity contribution is -0.384. The molecule has 9 heteroatoms. The van der Waals surface area contributed by atoms with E-state index in [9.17, 15) is 28.5 Å². The summed E-state index contributed by atoms with van der Waals surface area (Å²) < 4.78 is 36.6. The highest BCUT2D eigenvalue weighted by molar-refractivity contribution is 6.04. The van der Waals surface area contributed by atoms with Gasteiger partial charge in [0, 0.05) is 30.3 Å². The summed E-state index contributed by atoms with van der Waals surface area (Å²) in [6.45, 7) is 0. The Kier molecular flexibility index (Phi) is 5.59. The summed E-state index contributed by atoms with van der Waals surface area (Å²) in [7, 11) is 0. The number of non-ortho nitro benzene ring substituents is 1. The normalized spacial score (nSPS) is 10.3. The standard InChI is InChI=1S/C20H11F2NO6/c21-12-9-13(22)11-16(10-12)29-20(25)18-4-2-1-3-17(18)19(24)28-15-7-5-14(6-8-15)23(26)27/h1-11H. The monoisotopic (exact) mass is 399 g/mol. The number of hydrogen-bond donors (Lipinski definition) is 0. The minimum atomic E-state index is -1.02. The molecule has 3 rings (SSSR count). The van der Waals surface area contributed by atoms with Crippen molar-refractivity contribution in [3.05, 3.63) is 99.6 Å². The number of nitro benzene ring substituents is 1. The molecule has 0 saturated heterocycles. The second-order valence-electron chi connectivity index (χ2n) is 5.68. The molecule has 0 saturated carbocycles. The molecule has 0 aliphatic carbocycles. The molecule has 0 N–H and O–H groups in total. The molecule has 0 aromatic heterocycles. The van der Waals surface area contributed by atoms with E-state index in [1.165, 1.54) is 36.4 Å². The summed E-state index contributed by atoms with van der Waals surface area (Å²) in [4.78, 5) is 34.9. The molecule has 0 spiro atoms. The summed E-state index contributed by atoms with van der Waals surface area (Å²) in [6.07, 6.45) is 0. The minimum absolute atomic E-state index is 0.0240. The number of ether oxygens (including phenoxy) is 2. The van der Waals surface area contributed by atoms with Crippen LogP contribution in [0, 0.1) is 21.7 Å². The van der Waals surface area contributed by atoms with Gasteiger partial charge in [-0.2, -0.15) is 0 Å². The number of nitrogens with zero attached hydrogens (tertiary/aromatic N) is 1. The van der Waals surface area contributed by atoms with E-state index in [4.69, 9.17) is 9.47 Å². The van der Waals surface area contributed by atoms with Crippen LogP contribution in [-0.2, 0) is 0 Å². The van der Waals surface area contributed by atoms with Crippen molar-refractivity contribution in [1.82, 2.24) is 0 Å². The van der Waals surface area contributed by atoms with Crippen LogP contribution in [0.15, 0.2) is 66.7 Å². The van der Waals surface area contributed by atoms with Gasteiger partial charge >= 0.3 is 11.9 Å². The van der Waals surface area contributed by atoms with Gasteiger partial charge in [-0.15, -0.1) is 0 Å². The van der Waals surface area contributed by atoms with Gasteiger partial charge in [0.1, 0.15) is 23.1 Å². The highest BCUT2D eigenvalue weighted by atomic mass is 19.1. The number of carbonyl (C=O) groups is 2. The van der Waals surface area contributed by atoms with Crippen molar-refractivity contribution in [2.45, 2.75) is 0 Å². The quantitative estimate of drug-likeness (QED) is 0.275. The van der Waals surface area contributed by atoms with Crippen LogP contribution < -0.4 is 9.47 Å². The van der Waals surface area contributed by atoms with E-state index in [0.717, 1.165) is 24.3 Å². The van der Waals surface area contributed by atoms with Gasteiger partial charge < -0.3 is 9.47 Å². The van der Waals surface area contributed by atoms with Gasteiger partial charge in [-0.3, -0.25) is 10.1 Å². The Bertz CT molecular complexity index is 1080. The van der Waals surface area contributed by atoms with E-state index < -0.39 is 28.5 Å². The van der Waals surface area contributed by atoms with E-state index in [1.807, 2.05) is 0 Å². The van der Waals surface area contributed by atoms with E-state index >= 15 is 0 Å². The summed E-state index contributed by atoms with van der Waals surface area (Å²) in [5, 5.41) is 10.7. The third kappa shape index (κ3) is 4.78. The van der Waals surface area contributed by atoms with Crippen LogP contribution >= 0.6 is 0 Å². The van der Waals surface area contributed by atoms with Gasteiger partial charge in [0.15, 0.2) is 0 Å². The van der Waals surface area contributed by atoms with Crippen molar-refractivity contribution in [3.8, 4) is 11.5 Å². The lowest BCUT2D eigenvalue weighted by Gasteiger charge is -2.09. The predicted octanol–water partition coefficient (Wildman–Crippen LogP) is 4.31. The van der Waals surface area contributed by atoms with Crippen LogP contribution in [0.2, 0.25) is 0 Å². The zero-order chi connectivity index (χ0) is 21.0. The Morgan fingerprint density at radius 1 is 0.759 bits per heavy atom. The van der Waals surface area contributed by atoms with Crippen LogP contribution in [0.3, 0.4) is 0 Å². The Morgan fingerprint density at radius 3 is 1.72 bits per heavy atom. The van der Waals surface area contributed by atoms with Crippen molar-refractivity contribution in [3.63, 3.8) is 0 Å². The zero-order valence-electron chi connectivity index (χ0n) is 14.5. The summed E-state index contributed by atoms with van der Waals surface area (Å²) in [5.41, 5.74) is -0.534. The topological polar surface area (TPSA) is 95.7 Å². The SMILES string of the molecule is O=C(Oc1ccc([N+](=O)[O-])cc1)c1ccccc1C(=O)Oc1cc(F)cc(F)c1. The molecule has 0 heterocycles. The van der Waals surface area contributed by atoms with Crippen LogP contribution in [0.25, 0.3) is 0 Å². The number of halogens is 2. The van der Waals surface area contributed by atoms with Crippen LogP contribution in [-0.4, -0.2) is 16.9 Å². The number of hydrogen-bond acceptors (Lipinski definition) is 6. The summed E-state index contributed by atoms with van der Waals surface area (Å²) in [6, 6.07) is 12.5. The molecule has 0 atom stereocenters. The smallest absolute Gasteiger partial charge is 0.344 e. The fourth-order valence-electron chi connectivity index (χ4n) is 2.39. The lowest BCUT2D eigenvalue weighted by Crippen LogP contribution is -2.17. The minimum Gasteiger partial charge on any atom is -0.423 e. The van der Waals surface area contributed by atoms with Gasteiger partial charge in [0.05, 0.1) is 16.1 Å². The Labute approximate surface area is 162 Å². The fraction of sp³-hybridized carbons (Fsp3) is 0. The van der Waals surface area contributed by atoms with Crippen molar-refractivity contribution in [1.29, 1.82) is 0 Å². The Hall–Kier alpha value is -4.14. The molecule has 146 valence electrons. The van der Waals surface area contributed by atoms with E-state index in [2.05, 4.69) is 0 Å². The Morgan fingerprint density at radius 2 is 1.24 bits per heavy atom. The number of carbonyl (C=O) groups excluding carboxylic acids is 2. The molecule has 0 aliphatic rings. The molecular weight excluding hydrogens is 388 g/mol. The molecule has 7 nitrogen and oxygen atoms in total. The number of nitro groups is 1. The molecule has 0 aliphatic heterocycles. The first-order valence-electron chi connectivity index (χ1n) is 8.07. The Balaban J connectivity index is 1.81. The maximum Gasteiger partial charge on any atom is 0.344 e. The molecule has 0 fully saturated rings. The molecule has 0 amide bonds. The molecule has 0 unspecified atom stereocenters. The highest BCUT2D eigenvalue weighted by Gasteiger charge is 2.21. The van der Waals surface area contributed by atoms with Gasteiger partial charge in [-0.25, -0.2) is 18.4 Å². The predicted molar refractivity (Wildman–Crippen MR) is 95.8 cm³/mol.